The number of ether oxygens (including phenoxy) is 1. The highest BCUT2D eigenvalue weighted by Crippen LogP contribution is 2.39. The van der Waals surface area contributed by atoms with Crippen molar-refractivity contribution in [3.63, 3.8) is 0 Å². The minimum Gasteiger partial charge on any atom is -0.511 e. The summed E-state index contributed by atoms with van der Waals surface area (Å²) in [5.41, 5.74) is 1.27. The van der Waals surface area contributed by atoms with Crippen molar-refractivity contribution in [1.82, 2.24) is 0 Å². The van der Waals surface area contributed by atoms with Gasteiger partial charge in [0.1, 0.15) is 10.8 Å². The van der Waals surface area contributed by atoms with E-state index in [-0.39, 0.29) is 29.1 Å². The lowest BCUT2D eigenvalue weighted by Gasteiger charge is -2.28. The molecule has 6 heteroatoms. The zero-order valence-corrected chi connectivity index (χ0v) is 17.0. The largest absolute Gasteiger partial charge is 0.511 e. The van der Waals surface area contributed by atoms with E-state index in [0.717, 1.165) is 10.4 Å². The van der Waals surface area contributed by atoms with Gasteiger partial charge < -0.3 is 9.84 Å². The van der Waals surface area contributed by atoms with Gasteiger partial charge in [-0.2, -0.15) is 0 Å². The fraction of sp³-hybridized carbons (Fsp3) is 0.318. The fourth-order valence-corrected chi connectivity index (χ4v) is 4.15. The van der Waals surface area contributed by atoms with E-state index in [9.17, 15) is 14.7 Å². The lowest BCUT2D eigenvalue weighted by atomic mass is 9.77. The molecule has 0 unspecified atom stereocenters. The number of nitrogens with zero attached hydrogens (tertiary/aromatic N) is 1. The Hall–Kier alpha value is -2.73. The zero-order valence-electron chi connectivity index (χ0n) is 16.2. The average Bonchev–Trinajstić information content (AvgIpc) is 3.05. The van der Waals surface area contributed by atoms with Gasteiger partial charge in [-0.05, 0) is 24.0 Å². The molecule has 0 radical (unpaired) electrons. The predicted octanol–water partition coefficient (Wildman–Crippen LogP) is 5.50. The molecule has 0 amide bonds. The van der Waals surface area contributed by atoms with E-state index in [4.69, 9.17) is 4.74 Å². The fourth-order valence-electron chi connectivity index (χ4n) is 3.15. The number of thiophene rings is 1. The number of carbonyl (C=O) groups excluding carboxylic acids is 2. The molecular formula is C22H23NO4S. The van der Waals surface area contributed by atoms with Crippen molar-refractivity contribution in [2.45, 2.75) is 33.6 Å². The first-order chi connectivity index (χ1) is 13.3. The molecule has 3 rings (SSSR count). The summed E-state index contributed by atoms with van der Waals surface area (Å²) in [6.45, 7) is 5.90. The highest BCUT2D eigenvalue weighted by Gasteiger charge is 2.32. The molecule has 0 bridgehead atoms. The van der Waals surface area contributed by atoms with Crippen molar-refractivity contribution in [1.29, 1.82) is 0 Å². The smallest absolute Gasteiger partial charge is 0.341 e. The molecule has 1 aliphatic rings. The van der Waals surface area contributed by atoms with Crippen LogP contribution < -0.4 is 0 Å². The number of aliphatic hydroxyl groups is 1. The molecule has 0 fully saturated rings. The average molecular weight is 397 g/mol. The monoisotopic (exact) mass is 397 g/mol. The van der Waals surface area contributed by atoms with E-state index in [1.807, 2.05) is 44.2 Å². The van der Waals surface area contributed by atoms with Crippen molar-refractivity contribution in [3.8, 4) is 10.4 Å². The Morgan fingerprint density at radius 2 is 2.00 bits per heavy atom. The van der Waals surface area contributed by atoms with Crippen molar-refractivity contribution < 1.29 is 19.4 Å². The lowest BCUT2D eigenvalue weighted by molar-refractivity contribution is -0.117. The second kappa shape index (κ2) is 8.10. The Morgan fingerprint density at radius 1 is 1.29 bits per heavy atom. The van der Waals surface area contributed by atoms with E-state index >= 15 is 0 Å². The van der Waals surface area contributed by atoms with Crippen LogP contribution in [0.25, 0.3) is 10.4 Å². The molecule has 0 saturated heterocycles. The Kier molecular flexibility index (Phi) is 5.79. The van der Waals surface area contributed by atoms with Crippen LogP contribution in [0.5, 0.6) is 0 Å². The summed E-state index contributed by atoms with van der Waals surface area (Å²) >= 11 is 1.34. The number of rotatable bonds is 5. The number of hydrogen-bond donors (Lipinski definition) is 1. The number of benzene rings is 1. The Balaban J connectivity index is 1.98. The zero-order chi connectivity index (χ0) is 20.3. The van der Waals surface area contributed by atoms with E-state index in [1.165, 1.54) is 17.6 Å². The van der Waals surface area contributed by atoms with Crippen molar-refractivity contribution in [2.75, 3.05) is 6.61 Å². The summed E-state index contributed by atoms with van der Waals surface area (Å²) in [5.74, 6) is -0.556. The van der Waals surface area contributed by atoms with Crippen molar-refractivity contribution in [3.05, 3.63) is 53.3 Å². The molecule has 0 saturated carbocycles. The van der Waals surface area contributed by atoms with E-state index in [2.05, 4.69) is 4.99 Å². The second-order valence-corrected chi connectivity index (χ2v) is 8.51. The SMILES string of the molecule is CCOC(=O)c1cc(-c2ccccc2)sc1N=CC1=C(O)CC(C)(C)CC1=O. The third kappa shape index (κ3) is 4.39. The van der Waals surface area contributed by atoms with Gasteiger partial charge >= 0.3 is 5.97 Å². The summed E-state index contributed by atoms with van der Waals surface area (Å²) in [6, 6.07) is 11.4. The molecule has 1 aromatic carbocycles. The first-order valence-electron chi connectivity index (χ1n) is 9.16. The number of ketones is 1. The maximum absolute atomic E-state index is 12.4. The van der Waals surface area contributed by atoms with Crippen LogP contribution in [0.1, 0.15) is 44.0 Å². The number of allylic oxidation sites excluding steroid dienone is 2. The lowest BCUT2D eigenvalue weighted by Crippen LogP contribution is -2.26. The van der Waals surface area contributed by atoms with E-state index in [0.29, 0.717) is 23.4 Å². The van der Waals surface area contributed by atoms with Crippen LogP contribution in [0.4, 0.5) is 5.00 Å². The van der Waals surface area contributed by atoms with Crippen LogP contribution in [-0.4, -0.2) is 29.7 Å². The summed E-state index contributed by atoms with van der Waals surface area (Å²) in [5, 5.41) is 10.7. The van der Waals surface area contributed by atoms with Crippen LogP contribution in [-0.2, 0) is 9.53 Å². The quantitative estimate of drug-likeness (QED) is 0.534. The minimum absolute atomic E-state index is 0.0440. The summed E-state index contributed by atoms with van der Waals surface area (Å²) < 4.78 is 5.14. The van der Waals surface area contributed by atoms with Gasteiger partial charge in [0.05, 0.1) is 17.7 Å². The van der Waals surface area contributed by atoms with Gasteiger partial charge in [0.25, 0.3) is 0 Å². The molecule has 1 heterocycles. The van der Waals surface area contributed by atoms with Gasteiger partial charge in [-0.1, -0.05) is 44.2 Å². The highest BCUT2D eigenvalue weighted by molar-refractivity contribution is 7.19. The standard InChI is InChI=1S/C22H23NO4S/c1-4-27-21(26)15-10-19(14-8-6-5-7-9-14)28-20(15)23-13-16-17(24)11-22(2,3)12-18(16)25/h5-10,13,24H,4,11-12H2,1-3H3. The molecule has 0 spiro atoms. The summed E-state index contributed by atoms with van der Waals surface area (Å²) in [4.78, 5) is 30.0. The predicted molar refractivity (Wildman–Crippen MR) is 112 cm³/mol. The van der Waals surface area contributed by atoms with E-state index < -0.39 is 5.97 Å². The van der Waals surface area contributed by atoms with Crippen molar-refractivity contribution >= 4 is 34.3 Å². The Bertz CT molecular complexity index is 954. The number of hydrogen-bond acceptors (Lipinski definition) is 6. The topological polar surface area (TPSA) is 76.0 Å². The molecule has 1 aromatic heterocycles. The molecule has 0 atom stereocenters. The maximum atomic E-state index is 12.4. The second-order valence-electron chi connectivity index (χ2n) is 7.48. The first kappa shape index (κ1) is 20.0. The van der Waals surface area contributed by atoms with Crippen LogP contribution in [0.15, 0.2) is 52.7 Å². The number of esters is 1. The van der Waals surface area contributed by atoms with Crippen LogP contribution in [0.3, 0.4) is 0 Å². The van der Waals surface area contributed by atoms with Gasteiger partial charge in [0.15, 0.2) is 5.78 Å². The molecule has 1 aliphatic carbocycles. The van der Waals surface area contributed by atoms with Gasteiger partial charge in [0.2, 0.25) is 0 Å². The van der Waals surface area contributed by atoms with E-state index in [1.54, 1.807) is 13.0 Å². The Morgan fingerprint density at radius 3 is 2.64 bits per heavy atom. The number of Topliss-reactive ketones (excluding diaryl/α,β-unsaturated/α-hetero) is 1. The van der Waals surface area contributed by atoms with Gasteiger partial charge in [-0.25, -0.2) is 9.79 Å². The van der Waals surface area contributed by atoms with Crippen molar-refractivity contribution in [2.24, 2.45) is 10.4 Å². The number of carbonyl (C=O) groups is 2. The van der Waals surface area contributed by atoms with Crippen LogP contribution >= 0.6 is 11.3 Å². The third-order valence-corrected chi connectivity index (χ3v) is 5.57. The number of aliphatic imine (C=N–C) groups is 1. The van der Waals surface area contributed by atoms with Gasteiger partial charge in [0, 0.05) is 23.9 Å². The number of aliphatic hydroxyl groups excluding tert-OH is 1. The molecular weight excluding hydrogens is 374 g/mol. The molecule has 2 aromatic rings. The molecule has 0 aliphatic heterocycles. The normalized spacial score (nSPS) is 16.6. The molecule has 28 heavy (non-hydrogen) atoms. The van der Waals surface area contributed by atoms with Gasteiger partial charge in [-0.15, -0.1) is 11.3 Å². The Labute approximate surface area is 168 Å². The molecule has 1 N–H and O–H groups in total. The third-order valence-electron chi connectivity index (χ3n) is 4.47. The highest BCUT2D eigenvalue weighted by atomic mass is 32.1. The minimum atomic E-state index is -0.456. The molecule has 146 valence electrons. The summed E-state index contributed by atoms with van der Waals surface area (Å²) in [7, 11) is 0. The van der Waals surface area contributed by atoms with Crippen LogP contribution in [0.2, 0.25) is 0 Å². The van der Waals surface area contributed by atoms with Crippen LogP contribution in [0, 0.1) is 5.41 Å². The maximum Gasteiger partial charge on any atom is 0.341 e. The molecule has 5 nitrogen and oxygen atoms in total. The first-order valence-corrected chi connectivity index (χ1v) is 9.98. The van der Waals surface area contributed by atoms with Gasteiger partial charge in [-0.3, -0.25) is 4.79 Å². The summed E-state index contributed by atoms with van der Waals surface area (Å²) in [6.07, 6.45) is 2.14.